The average Bonchev–Trinajstić information content (AvgIpc) is 2.63. The number of rotatable bonds is 7. The van der Waals surface area contributed by atoms with Crippen LogP contribution in [0.15, 0.2) is 36.4 Å². The molecule has 30 heavy (non-hydrogen) atoms. The minimum Gasteiger partial charge on any atom is -0.380 e. The van der Waals surface area contributed by atoms with Crippen LogP contribution in [0.5, 0.6) is 0 Å². The summed E-state index contributed by atoms with van der Waals surface area (Å²) in [4.78, 5) is 13.8. The number of benzene rings is 2. The highest BCUT2D eigenvalue weighted by Gasteiger charge is 2.33. The summed E-state index contributed by atoms with van der Waals surface area (Å²) < 4.78 is 47.8. The summed E-state index contributed by atoms with van der Waals surface area (Å²) in [5.41, 5.74) is 2.59. The molecule has 3 rings (SSSR count). The van der Waals surface area contributed by atoms with Crippen molar-refractivity contribution in [2.45, 2.75) is 51.5 Å². The molecule has 0 fully saturated rings. The summed E-state index contributed by atoms with van der Waals surface area (Å²) in [7, 11) is -2.15. The highest BCUT2D eigenvalue weighted by atomic mass is 32.2. The van der Waals surface area contributed by atoms with Crippen LogP contribution in [0.2, 0.25) is 0 Å². The molecule has 0 saturated carbocycles. The van der Waals surface area contributed by atoms with Crippen LogP contribution in [0.1, 0.15) is 49.8 Å². The van der Waals surface area contributed by atoms with Gasteiger partial charge in [0.2, 0.25) is 15.9 Å². The van der Waals surface area contributed by atoms with Gasteiger partial charge in [-0.1, -0.05) is 31.2 Å². The Labute approximate surface area is 177 Å². The fourth-order valence-electron chi connectivity index (χ4n) is 3.78. The molecule has 0 bridgehead atoms. The third-order valence-electron chi connectivity index (χ3n) is 5.09. The molecule has 0 radical (unpaired) electrons. The van der Waals surface area contributed by atoms with Gasteiger partial charge in [0.25, 0.3) is 0 Å². The number of carbonyl (C=O) groups excluding carboxylic acids is 1. The standard InChI is InChI=1S/C22H27FN2O4S/c1-14(2)25-21(26)9-15(3)19-10-18(11-20(23)22(19)25)24-30(27,28)13-17-7-5-16(6-8-17)12-29-4/h5-8,10-11,14-15,24H,9,12-13H2,1-4H3. The summed E-state index contributed by atoms with van der Waals surface area (Å²) in [6.07, 6.45) is 0.259. The Kier molecular flexibility index (Phi) is 6.47. The minimum absolute atomic E-state index is 0.130. The predicted octanol–water partition coefficient (Wildman–Crippen LogP) is 4.16. The Morgan fingerprint density at radius 2 is 1.83 bits per heavy atom. The van der Waals surface area contributed by atoms with Crippen molar-refractivity contribution in [2.24, 2.45) is 0 Å². The van der Waals surface area contributed by atoms with Gasteiger partial charge >= 0.3 is 0 Å². The van der Waals surface area contributed by atoms with Crippen molar-refractivity contribution in [3.05, 3.63) is 58.9 Å². The van der Waals surface area contributed by atoms with E-state index in [0.717, 1.165) is 11.6 Å². The first-order valence-electron chi connectivity index (χ1n) is 9.84. The lowest BCUT2D eigenvalue weighted by atomic mass is 9.89. The number of halogens is 1. The van der Waals surface area contributed by atoms with Crippen LogP contribution in [0.3, 0.4) is 0 Å². The summed E-state index contributed by atoms with van der Waals surface area (Å²) in [5, 5.41) is 0. The van der Waals surface area contributed by atoms with Gasteiger partial charge < -0.3 is 9.64 Å². The number of fused-ring (bicyclic) bond motifs is 1. The summed E-state index contributed by atoms with van der Waals surface area (Å²) in [6, 6.07) is 9.66. The van der Waals surface area contributed by atoms with Crippen molar-refractivity contribution in [1.29, 1.82) is 0 Å². The van der Waals surface area contributed by atoms with Gasteiger partial charge in [0.15, 0.2) is 0 Å². The maximum absolute atomic E-state index is 15.0. The fraction of sp³-hybridized carbons (Fsp3) is 0.409. The average molecular weight is 435 g/mol. The summed E-state index contributed by atoms with van der Waals surface area (Å²) in [5.74, 6) is -1.17. The second-order valence-corrected chi connectivity index (χ2v) is 9.69. The largest absolute Gasteiger partial charge is 0.380 e. The first-order valence-corrected chi connectivity index (χ1v) is 11.5. The van der Waals surface area contributed by atoms with E-state index in [4.69, 9.17) is 4.74 Å². The van der Waals surface area contributed by atoms with Gasteiger partial charge in [-0.2, -0.15) is 0 Å². The second kappa shape index (κ2) is 8.73. The van der Waals surface area contributed by atoms with E-state index < -0.39 is 15.8 Å². The number of anilines is 2. The van der Waals surface area contributed by atoms with Gasteiger partial charge in [0.05, 0.1) is 23.7 Å². The molecule has 0 saturated heterocycles. The minimum atomic E-state index is -3.74. The van der Waals surface area contributed by atoms with Crippen molar-refractivity contribution < 1.29 is 22.3 Å². The molecule has 2 aromatic carbocycles. The lowest BCUT2D eigenvalue weighted by Gasteiger charge is -2.36. The third kappa shape index (κ3) is 4.82. The van der Waals surface area contributed by atoms with E-state index in [1.165, 1.54) is 4.90 Å². The number of hydrogen-bond acceptors (Lipinski definition) is 4. The molecular weight excluding hydrogens is 407 g/mol. The van der Waals surface area contributed by atoms with E-state index in [2.05, 4.69) is 4.72 Å². The van der Waals surface area contributed by atoms with E-state index in [-0.39, 0.29) is 41.4 Å². The van der Waals surface area contributed by atoms with Crippen molar-refractivity contribution in [3.63, 3.8) is 0 Å². The number of methoxy groups -OCH3 is 1. The highest BCUT2D eigenvalue weighted by molar-refractivity contribution is 7.91. The first-order chi connectivity index (χ1) is 14.1. The van der Waals surface area contributed by atoms with E-state index in [0.29, 0.717) is 17.7 Å². The fourth-order valence-corrected chi connectivity index (χ4v) is 4.96. The second-order valence-electron chi connectivity index (χ2n) is 7.97. The Bertz CT molecular complexity index is 1040. The molecule has 2 aromatic rings. The first kappa shape index (κ1) is 22.2. The molecule has 1 amide bonds. The van der Waals surface area contributed by atoms with Crippen molar-refractivity contribution in [2.75, 3.05) is 16.7 Å². The van der Waals surface area contributed by atoms with Crippen molar-refractivity contribution in [3.8, 4) is 0 Å². The molecule has 0 aliphatic carbocycles. The normalized spacial score (nSPS) is 16.7. The van der Waals surface area contributed by atoms with Gasteiger partial charge in [-0.25, -0.2) is 12.8 Å². The smallest absolute Gasteiger partial charge is 0.236 e. The molecule has 1 aliphatic rings. The summed E-state index contributed by atoms with van der Waals surface area (Å²) in [6.45, 7) is 5.94. The number of ether oxygens (including phenoxy) is 1. The van der Waals surface area contributed by atoms with E-state index in [1.807, 2.05) is 32.9 Å². The van der Waals surface area contributed by atoms with Crippen LogP contribution in [0.25, 0.3) is 0 Å². The van der Waals surface area contributed by atoms with Crippen LogP contribution in [0, 0.1) is 5.82 Å². The maximum atomic E-state index is 15.0. The molecule has 1 atom stereocenters. The molecule has 1 heterocycles. The highest BCUT2D eigenvalue weighted by Crippen LogP contribution is 2.40. The monoisotopic (exact) mass is 434 g/mol. The molecule has 1 aliphatic heterocycles. The Balaban J connectivity index is 1.85. The number of amides is 1. The van der Waals surface area contributed by atoms with Crippen molar-refractivity contribution >= 4 is 27.3 Å². The molecule has 0 aromatic heterocycles. The lowest BCUT2D eigenvalue weighted by Crippen LogP contribution is -2.41. The molecule has 162 valence electrons. The van der Waals surface area contributed by atoms with Crippen LogP contribution < -0.4 is 9.62 Å². The predicted molar refractivity (Wildman–Crippen MR) is 115 cm³/mol. The molecule has 6 nitrogen and oxygen atoms in total. The van der Waals surface area contributed by atoms with E-state index in [9.17, 15) is 17.6 Å². The third-order valence-corrected chi connectivity index (χ3v) is 6.35. The van der Waals surface area contributed by atoms with Gasteiger partial charge in [0, 0.05) is 25.6 Å². The molecule has 8 heteroatoms. The van der Waals surface area contributed by atoms with Gasteiger partial charge in [0.1, 0.15) is 5.82 Å². The van der Waals surface area contributed by atoms with E-state index in [1.54, 1.807) is 25.3 Å². The van der Waals surface area contributed by atoms with Crippen LogP contribution >= 0.6 is 0 Å². The number of sulfonamides is 1. The van der Waals surface area contributed by atoms with E-state index >= 15 is 0 Å². The zero-order valence-corrected chi connectivity index (χ0v) is 18.4. The Morgan fingerprint density at radius 3 is 2.43 bits per heavy atom. The number of carbonyl (C=O) groups is 1. The molecule has 0 spiro atoms. The van der Waals surface area contributed by atoms with Crippen LogP contribution in [-0.4, -0.2) is 27.5 Å². The van der Waals surface area contributed by atoms with Crippen LogP contribution in [0.4, 0.5) is 15.8 Å². The van der Waals surface area contributed by atoms with Gasteiger partial charge in [-0.15, -0.1) is 0 Å². The Morgan fingerprint density at radius 1 is 1.20 bits per heavy atom. The van der Waals surface area contributed by atoms with Gasteiger partial charge in [-0.3, -0.25) is 9.52 Å². The number of nitrogens with one attached hydrogen (secondary N) is 1. The number of hydrogen-bond donors (Lipinski definition) is 1. The number of nitrogens with zero attached hydrogens (tertiary/aromatic N) is 1. The maximum Gasteiger partial charge on any atom is 0.236 e. The lowest BCUT2D eigenvalue weighted by molar-refractivity contribution is -0.119. The van der Waals surface area contributed by atoms with Crippen molar-refractivity contribution in [1.82, 2.24) is 0 Å². The zero-order valence-electron chi connectivity index (χ0n) is 17.6. The molecule has 1 unspecified atom stereocenters. The van der Waals surface area contributed by atoms with Gasteiger partial charge in [-0.05, 0) is 42.5 Å². The molecule has 1 N–H and O–H groups in total. The van der Waals surface area contributed by atoms with Crippen LogP contribution in [-0.2, 0) is 31.9 Å². The molecular formula is C22H27FN2O4S. The summed E-state index contributed by atoms with van der Waals surface area (Å²) >= 11 is 0. The SMILES string of the molecule is COCc1ccc(CS(=O)(=O)Nc2cc(F)c3c(c2)C(C)CC(=O)N3C(C)C)cc1. The zero-order chi connectivity index (χ0) is 22.1. The quantitative estimate of drug-likeness (QED) is 0.710. The topological polar surface area (TPSA) is 75.7 Å². The Hall–Kier alpha value is -2.45.